The number of allylic oxidation sites excluding steroid dienone is 5. The van der Waals surface area contributed by atoms with E-state index < -0.39 is 0 Å². The predicted octanol–water partition coefficient (Wildman–Crippen LogP) is 15.2. The third-order valence-electron chi connectivity index (χ3n) is 16.2. The molecule has 342 valence electrons. The molecule has 0 radical (unpaired) electrons. The summed E-state index contributed by atoms with van der Waals surface area (Å²) in [4.78, 5) is 2.31. The lowest BCUT2D eigenvalue weighted by atomic mass is 9.47. The number of hydrogen-bond donors (Lipinski definition) is 0. The molecule has 6 unspecified atom stereocenters. The summed E-state index contributed by atoms with van der Waals surface area (Å²) >= 11 is 0. The van der Waals surface area contributed by atoms with Crippen molar-refractivity contribution < 1.29 is 14.2 Å². The Kier molecular flexibility index (Phi) is 24.0. The maximum atomic E-state index is 6.51. The van der Waals surface area contributed by atoms with Crippen LogP contribution < -0.4 is 0 Å². The van der Waals surface area contributed by atoms with Gasteiger partial charge in [0.15, 0.2) is 0 Å². The molecule has 0 amide bonds. The van der Waals surface area contributed by atoms with E-state index in [0.717, 1.165) is 101 Å². The lowest BCUT2D eigenvalue weighted by Crippen LogP contribution is -2.51. The monoisotopic (exact) mass is 822 g/mol. The maximum Gasteiger partial charge on any atom is 0.0704 e. The standard InChI is InChI=1S/C55H99NO3/c1-9-10-11-12-13-14-15-16-17-18-19-20-21-22-23-24-38-58-44-47(43-56(7)8)29-26-39-57-40-41-59-49-34-36-54(5)48(42-49)30-31-50-52-33-32-51(46(4)28-25-27-45(2)3)55(52,6)37-35-53(50)54/h13-14,16-17,30,45-47,49-53H,9-12,15,18-29,31-44H2,1-8H3/b14-13-,17-16-/t46?,47?,49-,50?,51?,52?,53?,54-,55+/m0/s1. The summed E-state index contributed by atoms with van der Waals surface area (Å²) in [5, 5.41) is 0. The van der Waals surface area contributed by atoms with Crippen molar-refractivity contribution in [2.45, 2.75) is 208 Å². The van der Waals surface area contributed by atoms with Crippen LogP contribution in [0.5, 0.6) is 0 Å². The largest absolute Gasteiger partial charge is 0.381 e. The van der Waals surface area contributed by atoms with Gasteiger partial charge in [-0.3, -0.25) is 0 Å². The number of ether oxygens (including phenoxy) is 3. The van der Waals surface area contributed by atoms with Crippen molar-refractivity contribution in [3.05, 3.63) is 36.0 Å². The van der Waals surface area contributed by atoms with Crippen LogP contribution in [0.4, 0.5) is 0 Å². The lowest BCUT2D eigenvalue weighted by Gasteiger charge is -2.58. The van der Waals surface area contributed by atoms with Gasteiger partial charge in [-0.05, 0) is 169 Å². The SMILES string of the molecule is CCCCC/C=C\C/C=C\CCCCCCCCOCC(CCCOCCO[C@H]1CC[C@@]2(C)C(=CCC3C4CCC(C(C)CCCC(C)C)[C@@]4(C)CCC32)C1)CN(C)C. The van der Waals surface area contributed by atoms with E-state index in [1.54, 1.807) is 5.57 Å². The molecular weight excluding hydrogens is 723 g/mol. The molecule has 4 heteroatoms. The summed E-state index contributed by atoms with van der Waals surface area (Å²) in [6.45, 7) is 20.2. The Hall–Kier alpha value is -0.940. The van der Waals surface area contributed by atoms with Gasteiger partial charge >= 0.3 is 0 Å². The van der Waals surface area contributed by atoms with Crippen LogP contribution in [0.2, 0.25) is 0 Å². The summed E-state index contributed by atoms with van der Waals surface area (Å²) in [5.41, 5.74) is 2.72. The lowest BCUT2D eigenvalue weighted by molar-refractivity contribution is -0.0679. The van der Waals surface area contributed by atoms with Crippen LogP contribution in [0.1, 0.15) is 202 Å². The minimum absolute atomic E-state index is 0.373. The van der Waals surface area contributed by atoms with Crippen LogP contribution in [0.15, 0.2) is 36.0 Å². The fourth-order valence-electron chi connectivity index (χ4n) is 12.8. The molecule has 59 heavy (non-hydrogen) atoms. The molecule has 4 aliphatic rings. The minimum Gasteiger partial charge on any atom is -0.381 e. The van der Waals surface area contributed by atoms with Crippen molar-refractivity contribution in [3.63, 3.8) is 0 Å². The third kappa shape index (κ3) is 16.9. The van der Waals surface area contributed by atoms with Gasteiger partial charge in [0, 0.05) is 19.8 Å². The minimum atomic E-state index is 0.373. The van der Waals surface area contributed by atoms with E-state index >= 15 is 0 Å². The van der Waals surface area contributed by atoms with Gasteiger partial charge in [-0.25, -0.2) is 0 Å². The molecule has 0 heterocycles. The predicted molar refractivity (Wildman–Crippen MR) is 255 cm³/mol. The first-order chi connectivity index (χ1) is 28.6. The molecule has 0 saturated heterocycles. The Balaban J connectivity index is 1.02. The van der Waals surface area contributed by atoms with Crippen molar-refractivity contribution in [1.82, 2.24) is 4.90 Å². The highest BCUT2D eigenvalue weighted by molar-refractivity contribution is 5.25. The Morgan fingerprint density at radius 2 is 1.44 bits per heavy atom. The van der Waals surface area contributed by atoms with Crippen LogP contribution in [0.3, 0.4) is 0 Å². The summed E-state index contributed by atoms with van der Waals surface area (Å²) in [6, 6.07) is 0. The first-order valence-electron chi connectivity index (χ1n) is 26.0. The second-order valence-electron chi connectivity index (χ2n) is 21.6. The van der Waals surface area contributed by atoms with E-state index in [-0.39, 0.29) is 0 Å². The Labute approximate surface area is 367 Å². The highest BCUT2D eigenvalue weighted by Crippen LogP contribution is 2.67. The molecule has 0 aromatic carbocycles. The highest BCUT2D eigenvalue weighted by Gasteiger charge is 2.59. The fourth-order valence-corrected chi connectivity index (χ4v) is 12.8. The molecule has 4 nitrogen and oxygen atoms in total. The fraction of sp³-hybridized carbons (Fsp3) is 0.891. The topological polar surface area (TPSA) is 30.9 Å². The van der Waals surface area contributed by atoms with Gasteiger partial charge in [0.05, 0.1) is 25.9 Å². The zero-order chi connectivity index (χ0) is 42.4. The third-order valence-corrected chi connectivity index (χ3v) is 16.2. The highest BCUT2D eigenvalue weighted by atomic mass is 16.5. The molecular formula is C55H99NO3. The van der Waals surface area contributed by atoms with E-state index in [1.807, 2.05) is 0 Å². The molecule has 0 bridgehead atoms. The van der Waals surface area contributed by atoms with Gasteiger partial charge < -0.3 is 19.1 Å². The van der Waals surface area contributed by atoms with Crippen LogP contribution in [-0.4, -0.2) is 64.7 Å². The van der Waals surface area contributed by atoms with Crippen LogP contribution in [0.25, 0.3) is 0 Å². The van der Waals surface area contributed by atoms with Gasteiger partial charge in [0.1, 0.15) is 0 Å². The molecule has 3 fully saturated rings. The summed E-state index contributed by atoms with van der Waals surface area (Å²) < 4.78 is 18.8. The summed E-state index contributed by atoms with van der Waals surface area (Å²) in [6.07, 6.45) is 45.4. The van der Waals surface area contributed by atoms with Crippen molar-refractivity contribution in [2.75, 3.05) is 53.7 Å². The van der Waals surface area contributed by atoms with Crippen molar-refractivity contribution in [3.8, 4) is 0 Å². The number of rotatable bonds is 32. The Bertz CT molecular complexity index is 1190. The molecule has 0 aromatic rings. The average molecular weight is 822 g/mol. The second-order valence-corrected chi connectivity index (χ2v) is 21.6. The van der Waals surface area contributed by atoms with E-state index in [1.165, 1.54) is 135 Å². The molecule has 0 aromatic heterocycles. The first kappa shape index (κ1) is 50.7. The number of hydrogen-bond acceptors (Lipinski definition) is 4. The molecule has 9 atom stereocenters. The number of nitrogens with zero attached hydrogens (tertiary/aromatic N) is 1. The van der Waals surface area contributed by atoms with Crippen molar-refractivity contribution in [1.29, 1.82) is 0 Å². The van der Waals surface area contributed by atoms with Gasteiger partial charge in [-0.2, -0.15) is 0 Å². The number of unbranched alkanes of at least 4 members (excludes halogenated alkanes) is 9. The maximum absolute atomic E-state index is 6.51. The van der Waals surface area contributed by atoms with Gasteiger partial charge in [0.2, 0.25) is 0 Å². The van der Waals surface area contributed by atoms with E-state index in [4.69, 9.17) is 14.2 Å². The summed E-state index contributed by atoms with van der Waals surface area (Å²) in [7, 11) is 4.37. The van der Waals surface area contributed by atoms with Crippen LogP contribution in [0, 0.1) is 52.3 Å². The number of fused-ring (bicyclic) bond motifs is 5. The molecule has 4 rings (SSSR count). The van der Waals surface area contributed by atoms with Gasteiger partial charge in [-0.15, -0.1) is 0 Å². The zero-order valence-corrected chi connectivity index (χ0v) is 40.6. The van der Waals surface area contributed by atoms with E-state index in [9.17, 15) is 0 Å². The second kappa shape index (κ2) is 28.0. The molecule has 3 saturated carbocycles. The summed E-state index contributed by atoms with van der Waals surface area (Å²) in [5.74, 6) is 5.99. The average Bonchev–Trinajstić information content (AvgIpc) is 3.57. The molecule has 0 N–H and O–H groups in total. The Morgan fingerprint density at radius 3 is 2.19 bits per heavy atom. The van der Waals surface area contributed by atoms with E-state index in [2.05, 4.69) is 90.9 Å². The molecule has 4 aliphatic carbocycles. The van der Waals surface area contributed by atoms with E-state index in [0.29, 0.717) is 22.9 Å². The van der Waals surface area contributed by atoms with Crippen LogP contribution >= 0.6 is 0 Å². The van der Waals surface area contributed by atoms with Crippen molar-refractivity contribution in [2.24, 2.45) is 52.3 Å². The zero-order valence-electron chi connectivity index (χ0n) is 40.6. The smallest absolute Gasteiger partial charge is 0.0704 e. The first-order valence-corrected chi connectivity index (χ1v) is 26.0. The Morgan fingerprint density at radius 1 is 0.712 bits per heavy atom. The van der Waals surface area contributed by atoms with Gasteiger partial charge in [-0.1, -0.05) is 135 Å². The van der Waals surface area contributed by atoms with Crippen LogP contribution in [-0.2, 0) is 14.2 Å². The normalized spacial score (nSPS) is 29.3. The molecule has 0 aliphatic heterocycles. The van der Waals surface area contributed by atoms with Crippen molar-refractivity contribution >= 4 is 0 Å². The molecule has 0 spiro atoms. The van der Waals surface area contributed by atoms with Gasteiger partial charge in [0.25, 0.3) is 0 Å². The quantitative estimate of drug-likeness (QED) is 0.0500.